The molecule has 0 aromatic heterocycles. The van der Waals surface area contributed by atoms with Crippen LogP contribution in [0.25, 0.3) is 0 Å². The van der Waals surface area contributed by atoms with Gasteiger partial charge in [-0.05, 0) is 35.6 Å². The molecule has 72 valence electrons. The molecule has 4 heteroatoms. The summed E-state index contributed by atoms with van der Waals surface area (Å²) in [5.74, 6) is 0.757. The van der Waals surface area contributed by atoms with Crippen LogP contribution in [0.4, 0.5) is 5.69 Å². The molecule has 0 heterocycles. The first-order valence-electron chi connectivity index (χ1n) is 3.94. The third kappa shape index (κ3) is 2.25. The summed E-state index contributed by atoms with van der Waals surface area (Å²) >= 11 is 2.18. The second kappa shape index (κ2) is 4.15. The van der Waals surface area contributed by atoms with Crippen molar-refractivity contribution in [1.82, 2.24) is 0 Å². The molecule has 1 aromatic carbocycles. The second-order valence-electron chi connectivity index (χ2n) is 2.90. The highest BCUT2D eigenvalue weighted by molar-refractivity contribution is 14.1. The third-order valence-electron chi connectivity index (χ3n) is 1.84. The standard InChI is InChI=1S/C9H13IN2O/c1-5(11)6-3-7(10)8(12)4-9(6)13-2/h3-5H,11-12H2,1-2H3. The average Bonchev–Trinajstić information content (AvgIpc) is 2.08. The van der Waals surface area contributed by atoms with E-state index >= 15 is 0 Å². The van der Waals surface area contributed by atoms with Crippen LogP contribution in [0.1, 0.15) is 18.5 Å². The van der Waals surface area contributed by atoms with Gasteiger partial charge in [0.2, 0.25) is 0 Å². The number of nitrogens with two attached hydrogens (primary N) is 2. The molecule has 0 amide bonds. The van der Waals surface area contributed by atoms with Gasteiger partial charge >= 0.3 is 0 Å². The molecule has 1 atom stereocenters. The van der Waals surface area contributed by atoms with E-state index in [4.69, 9.17) is 16.2 Å². The van der Waals surface area contributed by atoms with Gasteiger partial charge in [-0.3, -0.25) is 0 Å². The van der Waals surface area contributed by atoms with Crippen molar-refractivity contribution in [2.24, 2.45) is 5.73 Å². The lowest BCUT2D eigenvalue weighted by Crippen LogP contribution is -2.08. The molecular formula is C9H13IN2O. The van der Waals surface area contributed by atoms with Crippen LogP contribution >= 0.6 is 22.6 Å². The normalized spacial score (nSPS) is 12.6. The molecular weight excluding hydrogens is 279 g/mol. The molecule has 0 aliphatic rings. The number of halogens is 1. The minimum atomic E-state index is -0.0379. The first-order valence-corrected chi connectivity index (χ1v) is 5.02. The third-order valence-corrected chi connectivity index (χ3v) is 2.77. The number of hydrogen-bond acceptors (Lipinski definition) is 3. The minimum Gasteiger partial charge on any atom is -0.496 e. The number of benzene rings is 1. The molecule has 0 aliphatic heterocycles. The van der Waals surface area contributed by atoms with E-state index in [1.807, 2.05) is 13.0 Å². The largest absolute Gasteiger partial charge is 0.496 e. The van der Waals surface area contributed by atoms with Crippen LogP contribution in [0.2, 0.25) is 0 Å². The number of hydrogen-bond donors (Lipinski definition) is 2. The van der Waals surface area contributed by atoms with Crippen LogP contribution in [0.5, 0.6) is 5.75 Å². The molecule has 0 saturated carbocycles. The topological polar surface area (TPSA) is 61.3 Å². The molecule has 13 heavy (non-hydrogen) atoms. The quantitative estimate of drug-likeness (QED) is 0.646. The van der Waals surface area contributed by atoms with Gasteiger partial charge in [0.1, 0.15) is 5.75 Å². The number of ether oxygens (including phenoxy) is 1. The Kier molecular flexibility index (Phi) is 3.38. The number of methoxy groups -OCH3 is 1. The van der Waals surface area contributed by atoms with Crippen molar-refractivity contribution < 1.29 is 4.74 Å². The Labute approximate surface area is 91.6 Å². The summed E-state index contributed by atoms with van der Waals surface area (Å²) in [6.07, 6.45) is 0. The van der Waals surface area contributed by atoms with Crippen molar-refractivity contribution in [3.63, 3.8) is 0 Å². The number of anilines is 1. The molecule has 4 N–H and O–H groups in total. The van der Waals surface area contributed by atoms with Crippen LogP contribution in [-0.2, 0) is 0 Å². The van der Waals surface area contributed by atoms with E-state index < -0.39 is 0 Å². The summed E-state index contributed by atoms with van der Waals surface area (Å²) in [4.78, 5) is 0. The lowest BCUT2D eigenvalue weighted by atomic mass is 10.1. The molecule has 0 radical (unpaired) electrons. The van der Waals surface area contributed by atoms with Crippen molar-refractivity contribution in [1.29, 1.82) is 0 Å². The van der Waals surface area contributed by atoms with Gasteiger partial charge in [0, 0.05) is 26.9 Å². The van der Waals surface area contributed by atoms with Gasteiger partial charge in [-0.2, -0.15) is 0 Å². The first-order chi connectivity index (χ1) is 6.06. The van der Waals surface area contributed by atoms with E-state index in [1.54, 1.807) is 13.2 Å². The monoisotopic (exact) mass is 292 g/mol. The molecule has 1 rings (SSSR count). The maximum absolute atomic E-state index is 5.78. The minimum absolute atomic E-state index is 0.0379. The Bertz CT molecular complexity index is 313. The fraction of sp³-hybridized carbons (Fsp3) is 0.333. The summed E-state index contributed by atoms with van der Waals surface area (Å²) in [7, 11) is 1.62. The van der Waals surface area contributed by atoms with Gasteiger partial charge in [0.25, 0.3) is 0 Å². The SMILES string of the molecule is COc1cc(N)c(I)cc1C(C)N. The summed E-state index contributed by atoms with van der Waals surface area (Å²) in [5, 5.41) is 0. The highest BCUT2D eigenvalue weighted by Gasteiger charge is 2.10. The first kappa shape index (κ1) is 10.6. The van der Waals surface area contributed by atoms with Gasteiger partial charge in [-0.15, -0.1) is 0 Å². The molecule has 0 fully saturated rings. The van der Waals surface area contributed by atoms with E-state index in [9.17, 15) is 0 Å². The fourth-order valence-corrected chi connectivity index (χ4v) is 1.61. The molecule has 3 nitrogen and oxygen atoms in total. The van der Waals surface area contributed by atoms with Gasteiger partial charge in [0.05, 0.1) is 7.11 Å². The van der Waals surface area contributed by atoms with Crippen molar-refractivity contribution in [3.8, 4) is 5.75 Å². The number of nitrogen functional groups attached to an aromatic ring is 1. The molecule has 0 saturated heterocycles. The molecule has 0 spiro atoms. The van der Waals surface area contributed by atoms with Gasteiger partial charge in [-0.1, -0.05) is 0 Å². The smallest absolute Gasteiger partial charge is 0.125 e. The van der Waals surface area contributed by atoms with Crippen LogP contribution < -0.4 is 16.2 Å². The van der Waals surface area contributed by atoms with Gasteiger partial charge < -0.3 is 16.2 Å². The predicted octanol–water partition coefficient (Wildman–Crippen LogP) is 1.90. The van der Waals surface area contributed by atoms with Crippen molar-refractivity contribution in [2.45, 2.75) is 13.0 Å². The maximum Gasteiger partial charge on any atom is 0.125 e. The Hall–Kier alpha value is -0.490. The zero-order valence-electron chi connectivity index (χ0n) is 7.67. The van der Waals surface area contributed by atoms with E-state index in [2.05, 4.69) is 22.6 Å². The second-order valence-corrected chi connectivity index (χ2v) is 4.07. The summed E-state index contributed by atoms with van der Waals surface area (Å²) < 4.78 is 6.18. The Balaban J connectivity index is 3.25. The van der Waals surface area contributed by atoms with E-state index in [-0.39, 0.29) is 6.04 Å². The molecule has 0 aliphatic carbocycles. The lowest BCUT2D eigenvalue weighted by Gasteiger charge is -2.13. The van der Waals surface area contributed by atoms with Crippen molar-refractivity contribution in [2.75, 3.05) is 12.8 Å². The fourth-order valence-electron chi connectivity index (χ4n) is 1.12. The molecule has 0 bridgehead atoms. The highest BCUT2D eigenvalue weighted by Crippen LogP contribution is 2.29. The summed E-state index contributed by atoms with van der Waals surface area (Å²) in [6.45, 7) is 1.92. The Morgan fingerprint density at radius 2 is 2.08 bits per heavy atom. The van der Waals surface area contributed by atoms with Crippen molar-refractivity contribution >= 4 is 28.3 Å². The average molecular weight is 292 g/mol. The van der Waals surface area contributed by atoms with E-state index in [0.29, 0.717) is 0 Å². The Morgan fingerprint density at radius 1 is 1.46 bits per heavy atom. The van der Waals surface area contributed by atoms with Gasteiger partial charge in [-0.25, -0.2) is 0 Å². The Morgan fingerprint density at radius 3 is 2.54 bits per heavy atom. The van der Waals surface area contributed by atoms with E-state index in [1.165, 1.54) is 0 Å². The van der Waals surface area contributed by atoms with Crippen LogP contribution in [0.15, 0.2) is 12.1 Å². The summed E-state index contributed by atoms with van der Waals surface area (Å²) in [6, 6.07) is 3.73. The zero-order valence-corrected chi connectivity index (χ0v) is 9.83. The van der Waals surface area contributed by atoms with E-state index in [0.717, 1.165) is 20.6 Å². The van der Waals surface area contributed by atoms with Crippen LogP contribution in [0, 0.1) is 3.57 Å². The van der Waals surface area contributed by atoms with Gasteiger partial charge in [0.15, 0.2) is 0 Å². The highest BCUT2D eigenvalue weighted by atomic mass is 127. The van der Waals surface area contributed by atoms with Crippen LogP contribution in [-0.4, -0.2) is 7.11 Å². The number of rotatable bonds is 2. The maximum atomic E-state index is 5.78. The van der Waals surface area contributed by atoms with Crippen molar-refractivity contribution in [3.05, 3.63) is 21.3 Å². The lowest BCUT2D eigenvalue weighted by molar-refractivity contribution is 0.407. The molecule has 1 unspecified atom stereocenters. The van der Waals surface area contributed by atoms with Crippen LogP contribution in [0.3, 0.4) is 0 Å². The molecule has 1 aromatic rings. The zero-order chi connectivity index (χ0) is 10.0. The predicted molar refractivity (Wildman–Crippen MR) is 62.7 cm³/mol. The summed E-state index contributed by atoms with van der Waals surface area (Å²) in [5.41, 5.74) is 13.2.